The van der Waals surface area contributed by atoms with E-state index in [9.17, 15) is 14.3 Å². The molecule has 194 valence electrons. The summed E-state index contributed by atoms with van der Waals surface area (Å²) in [5.74, 6) is 0.239. The fourth-order valence-corrected chi connectivity index (χ4v) is 7.07. The van der Waals surface area contributed by atoms with Crippen LogP contribution in [0.2, 0.25) is 0 Å². The Labute approximate surface area is 215 Å². The predicted octanol–water partition coefficient (Wildman–Crippen LogP) is 3.83. The third-order valence-corrected chi connectivity index (χ3v) is 8.98. The number of amides is 1. The van der Waals surface area contributed by atoms with Crippen LogP contribution >= 0.6 is 15.9 Å². The van der Waals surface area contributed by atoms with Crippen LogP contribution in [0.1, 0.15) is 32.1 Å². The van der Waals surface area contributed by atoms with Gasteiger partial charge in [-0.1, -0.05) is 0 Å². The largest absolute Gasteiger partial charge is 0.495 e. The Bertz CT molecular complexity index is 1210. The summed E-state index contributed by atoms with van der Waals surface area (Å²) in [4.78, 5) is 26.5. The number of rotatable bonds is 5. The van der Waals surface area contributed by atoms with Crippen molar-refractivity contribution < 1.29 is 28.2 Å². The van der Waals surface area contributed by atoms with Gasteiger partial charge in [0, 0.05) is 43.5 Å². The average Bonchev–Trinajstić information content (AvgIpc) is 3.46. The lowest BCUT2D eigenvalue weighted by atomic mass is 9.95. The highest BCUT2D eigenvalue weighted by Crippen LogP contribution is 2.43. The molecule has 4 atom stereocenters. The average molecular weight is 568 g/mol. The van der Waals surface area contributed by atoms with E-state index in [1.165, 1.54) is 12.0 Å². The van der Waals surface area contributed by atoms with Gasteiger partial charge in [-0.25, -0.2) is 13.6 Å². The number of hydrogen-bond acceptors (Lipinski definition) is 7. The zero-order valence-corrected chi connectivity index (χ0v) is 21.5. The maximum absolute atomic E-state index is 15.5. The SMILES string of the molecule is COc1cc2c(N3[C@@H]4CC[C@H]3CN(C(=O)O)C4)nc(OC[C@@]34CCCN3C[C@H](F)C4)nc2c(F)c1Br. The van der Waals surface area contributed by atoms with Gasteiger partial charge in [0.15, 0.2) is 5.82 Å². The summed E-state index contributed by atoms with van der Waals surface area (Å²) in [5.41, 5.74) is -0.290. The molecule has 2 bridgehead atoms. The Hall–Kier alpha value is -2.47. The Morgan fingerprint density at radius 2 is 2.03 bits per heavy atom. The van der Waals surface area contributed by atoms with Gasteiger partial charge in [-0.2, -0.15) is 9.97 Å². The Morgan fingerprint density at radius 3 is 2.72 bits per heavy atom. The van der Waals surface area contributed by atoms with Crippen molar-refractivity contribution in [3.63, 3.8) is 0 Å². The quantitative estimate of drug-likeness (QED) is 0.583. The molecule has 0 spiro atoms. The molecule has 1 aromatic heterocycles. The number of hydrogen-bond donors (Lipinski definition) is 1. The first-order valence-electron chi connectivity index (χ1n) is 12.3. The van der Waals surface area contributed by atoms with E-state index in [1.807, 2.05) is 0 Å². The maximum Gasteiger partial charge on any atom is 0.407 e. The first kappa shape index (κ1) is 23.9. The zero-order valence-electron chi connectivity index (χ0n) is 19.9. The topological polar surface area (TPSA) is 91.3 Å². The molecule has 5 heterocycles. The van der Waals surface area contributed by atoms with Crippen molar-refractivity contribution in [1.29, 1.82) is 0 Å². The summed E-state index contributed by atoms with van der Waals surface area (Å²) < 4.78 is 41.4. The highest BCUT2D eigenvalue weighted by molar-refractivity contribution is 9.10. The van der Waals surface area contributed by atoms with Crippen LogP contribution in [0.15, 0.2) is 10.5 Å². The van der Waals surface area contributed by atoms with Gasteiger partial charge in [0.25, 0.3) is 0 Å². The molecule has 0 unspecified atom stereocenters. The van der Waals surface area contributed by atoms with Crippen LogP contribution in [0.5, 0.6) is 11.8 Å². The van der Waals surface area contributed by atoms with Crippen LogP contribution in [-0.2, 0) is 0 Å². The van der Waals surface area contributed by atoms with E-state index in [0.717, 1.165) is 32.2 Å². The molecule has 1 amide bonds. The first-order chi connectivity index (χ1) is 17.3. The number of anilines is 1. The molecule has 4 saturated heterocycles. The van der Waals surface area contributed by atoms with Crippen molar-refractivity contribution in [1.82, 2.24) is 19.8 Å². The molecule has 2 aromatic rings. The summed E-state index contributed by atoms with van der Waals surface area (Å²) >= 11 is 3.27. The van der Waals surface area contributed by atoms with Crippen LogP contribution in [0, 0.1) is 5.82 Å². The smallest absolute Gasteiger partial charge is 0.407 e. The fraction of sp³-hybridized carbons (Fsp3) is 0.625. The number of methoxy groups -OCH3 is 1. The van der Waals surface area contributed by atoms with Crippen molar-refractivity contribution in [2.75, 3.05) is 44.8 Å². The van der Waals surface area contributed by atoms with Gasteiger partial charge >= 0.3 is 12.1 Å². The molecule has 4 aliphatic heterocycles. The lowest BCUT2D eigenvalue weighted by Gasteiger charge is -2.41. The number of piperazine rings is 1. The zero-order chi connectivity index (χ0) is 25.2. The number of benzene rings is 1. The molecule has 36 heavy (non-hydrogen) atoms. The van der Waals surface area contributed by atoms with Crippen LogP contribution in [0.3, 0.4) is 0 Å². The van der Waals surface area contributed by atoms with Crippen LogP contribution in [0.4, 0.5) is 19.4 Å². The summed E-state index contributed by atoms with van der Waals surface area (Å²) in [7, 11) is 1.46. The standard InChI is InChI=1S/C24H28BrF2N5O4/c1-35-17-7-16-20(19(27)18(17)25)28-22(36-12-24-5-2-6-31(24)9-13(26)8-24)29-21(16)32-14-3-4-15(32)11-30(10-14)23(33)34/h7,13-15H,2-6,8-12H2,1H3,(H,33,34)/t13-,14-,15+,24+/m1/s1. The number of halogens is 3. The van der Waals surface area contributed by atoms with Crippen molar-refractivity contribution in [2.45, 2.75) is 55.9 Å². The molecule has 1 aromatic carbocycles. The van der Waals surface area contributed by atoms with Crippen molar-refractivity contribution >= 4 is 38.7 Å². The number of carbonyl (C=O) groups is 1. The molecular formula is C24H28BrF2N5O4. The van der Waals surface area contributed by atoms with E-state index in [4.69, 9.17) is 14.5 Å². The number of alkyl halides is 1. The lowest BCUT2D eigenvalue weighted by molar-refractivity contribution is 0.107. The summed E-state index contributed by atoms with van der Waals surface area (Å²) in [6.45, 7) is 2.17. The number of carboxylic acid groups (broad SMARTS) is 1. The van der Waals surface area contributed by atoms with Crippen molar-refractivity contribution in [3.8, 4) is 11.8 Å². The summed E-state index contributed by atoms with van der Waals surface area (Å²) in [6.07, 6.45) is 2.02. The summed E-state index contributed by atoms with van der Waals surface area (Å²) in [5, 5.41) is 10.0. The normalized spacial score (nSPS) is 29.7. The maximum atomic E-state index is 15.5. The van der Waals surface area contributed by atoms with Crippen molar-refractivity contribution in [3.05, 3.63) is 16.4 Å². The van der Waals surface area contributed by atoms with Gasteiger partial charge in [-0.3, -0.25) is 4.90 Å². The molecule has 1 N–H and O–H groups in total. The second-order valence-corrected chi connectivity index (χ2v) is 11.1. The van der Waals surface area contributed by atoms with Gasteiger partial charge in [0.05, 0.1) is 17.1 Å². The molecule has 9 nitrogen and oxygen atoms in total. The van der Waals surface area contributed by atoms with E-state index in [1.54, 1.807) is 6.07 Å². The van der Waals surface area contributed by atoms with E-state index >= 15 is 4.39 Å². The van der Waals surface area contributed by atoms with Gasteiger partial charge in [-0.15, -0.1) is 0 Å². The van der Waals surface area contributed by atoms with E-state index in [-0.39, 0.29) is 40.2 Å². The molecule has 6 rings (SSSR count). The third-order valence-electron chi connectivity index (χ3n) is 8.25. The fourth-order valence-electron chi connectivity index (χ4n) is 6.61. The van der Waals surface area contributed by atoms with Gasteiger partial charge in [-0.05, 0) is 54.2 Å². The highest BCUT2D eigenvalue weighted by atomic mass is 79.9. The Morgan fingerprint density at radius 1 is 1.28 bits per heavy atom. The number of nitrogens with zero attached hydrogens (tertiary/aromatic N) is 5. The van der Waals surface area contributed by atoms with Crippen molar-refractivity contribution in [2.24, 2.45) is 0 Å². The molecule has 0 radical (unpaired) electrons. The van der Waals surface area contributed by atoms with E-state index < -0.39 is 18.1 Å². The first-order valence-corrected chi connectivity index (χ1v) is 13.1. The highest BCUT2D eigenvalue weighted by Gasteiger charge is 2.49. The number of likely N-dealkylation sites (tertiary alicyclic amines) is 1. The van der Waals surface area contributed by atoms with Gasteiger partial charge < -0.3 is 24.4 Å². The summed E-state index contributed by atoms with van der Waals surface area (Å²) in [6, 6.07) is 1.56. The minimum Gasteiger partial charge on any atom is -0.495 e. The second-order valence-electron chi connectivity index (χ2n) is 10.3. The molecule has 4 fully saturated rings. The van der Waals surface area contributed by atoms with E-state index in [2.05, 4.69) is 30.7 Å². The molecule has 4 aliphatic rings. The van der Waals surface area contributed by atoms with Crippen LogP contribution in [0.25, 0.3) is 10.9 Å². The predicted molar refractivity (Wildman–Crippen MR) is 131 cm³/mol. The van der Waals surface area contributed by atoms with Gasteiger partial charge in [0.1, 0.15) is 29.9 Å². The minimum absolute atomic E-state index is 0.0389. The monoisotopic (exact) mass is 567 g/mol. The van der Waals surface area contributed by atoms with Crippen LogP contribution < -0.4 is 14.4 Å². The number of ether oxygens (including phenoxy) is 2. The Balaban J connectivity index is 1.40. The Kier molecular flexibility index (Phi) is 5.86. The third kappa shape index (κ3) is 3.75. The molecule has 12 heteroatoms. The number of aromatic nitrogens is 2. The van der Waals surface area contributed by atoms with Gasteiger partial charge in [0.2, 0.25) is 0 Å². The molecular weight excluding hydrogens is 540 g/mol. The number of fused-ring (bicyclic) bond motifs is 4. The molecule has 0 saturated carbocycles. The lowest BCUT2D eigenvalue weighted by Crippen LogP contribution is -2.55. The molecule has 0 aliphatic carbocycles. The second kappa shape index (κ2) is 8.83. The minimum atomic E-state index is -0.942. The van der Waals surface area contributed by atoms with Crippen LogP contribution in [-0.4, -0.2) is 94.7 Å². The van der Waals surface area contributed by atoms with E-state index in [0.29, 0.717) is 43.0 Å².